The molecule has 3 heteroatoms. The molecule has 1 aliphatic rings. The first-order valence-electron chi connectivity index (χ1n) is 8.59. The summed E-state index contributed by atoms with van der Waals surface area (Å²) in [7, 11) is 0. The van der Waals surface area contributed by atoms with Gasteiger partial charge in [-0.2, -0.15) is 0 Å². The largest absolute Gasteiger partial charge is 0.435 e. The van der Waals surface area contributed by atoms with Crippen molar-refractivity contribution < 1.29 is 9.21 Å². The minimum atomic E-state index is 0.161. The molecule has 0 saturated carbocycles. The van der Waals surface area contributed by atoms with E-state index in [-0.39, 0.29) is 5.78 Å². The summed E-state index contributed by atoms with van der Waals surface area (Å²) < 4.78 is 6.14. The Morgan fingerprint density at radius 2 is 1.52 bits per heavy atom. The Bertz CT molecular complexity index is 937. The molecular weight excluding hydrogens is 310 g/mol. The number of oxazole rings is 1. The molecule has 1 aliphatic carbocycles. The smallest absolute Gasteiger partial charge is 0.227 e. The Morgan fingerprint density at radius 3 is 2.16 bits per heavy atom. The monoisotopic (exact) mass is 329 g/mol. The fraction of sp³-hybridized carbons (Fsp3) is 0.182. The molecule has 124 valence electrons. The van der Waals surface area contributed by atoms with E-state index in [4.69, 9.17) is 9.40 Å². The van der Waals surface area contributed by atoms with E-state index in [2.05, 4.69) is 0 Å². The molecule has 0 aliphatic heterocycles. The van der Waals surface area contributed by atoms with Gasteiger partial charge in [-0.15, -0.1) is 0 Å². The van der Waals surface area contributed by atoms with Crippen LogP contribution in [-0.4, -0.2) is 10.8 Å². The number of benzene rings is 2. The van der Waals surface area contributed by atoms with Crippen LogP contribution >= 0.6 is 0 Å². The third-order valence-corrected chi connectivity index (χ3v) is 4.58. The van der Waals surface area contributed by atoms with E-state index < -0.39 is 0 Å². The molecule has 1 heterocycles. The number of nitrogens with zero attached hydrogens (tertiary/aromatic N) is 1. The highest BCUT2D eigenvalue weighted by Gasteiger charge is 2.27. The zero-order valence-corrected chi connectivity index (χ0v) is 14.2. The van der Waals surface area contributed by atoms with Gasteiger partial charge in [-0.05, 0) is 31.9 Å². The van der Waals surface area contributed by atoms with Crippen molar-refractivity contribution in [1.29, 1.82) is 0 Å². The van der Waals surface area contributed by atoms with Gasteiger partial charge < -0.3 is 4.42 Å². The molecule has 4 rings (SSSR count). The predicted octanol–water partition coefficient (Wildman–Crippen LogP) is 5.54. The molecule has 25 heavy (non-hydrogen) atoms. The molecule has 0 atom stereocenters. The molecule has 0 N–H and O–H groups in total. The van der Waals surface area contributed by atoms with Crippen LogP contribution in [0.5, 0.6) is 0 Å². The summed E-state index contributed by atoms with van der Waals surface area (Å²) in [6.07, 6.45) is 2.43. The van der Waals surface area contributed by atoms with Gasteiger partial charge in [0.05, 0.1) is 0 Å². The van der Waals surface area contributed by atoms with Gasteiger partial charge in [-0.1, -0.05) is 54.1 Å². The van der Waals surface area contributed by atoms with E-state index in [9.17, 15) is 4.79 Å². The maximum Gasteiger partial charge on any atom is 0.227 e. The second kappa shape index (κ2) is 6.52. The Kier molecular flexibility index (Phi) is 4.06. The van der Waals surface area contributed by atoms with Crippen LogP contribution in [0.2, 0.25) is 0 Å². The van der Waals surface area contributed by atoms with Gasteiger partial charge in [0.15, 0.2) is 11.5 Å². The quantitative estimate of drug-likeness (QED) is 0.634. The highest BCUT2D eigenvalue weighted by Crippen LogP contribution is 2.37. The normalized spacial score (nSPS) is 14.8. The molecule has 0 spiro atoms. The number of hydrogen-bond donors (Lipinski definition) is 0. The Labute approximate surface area is 147 Å². The van der Waals surface area contributed by atoms with Crippen LogP contribution < -0.4 is 0 Å². The van der Waals surface area contributed by atoms with E-state index >= 15 is 0 Å². The average molecular weight is 329 g/mol. The topological polar surface area (TPSA) is 43.1 Å². The lowest BCUT2D eigenvalue weighted by atomic mass is 9.88. The number of carbonyl (C=O) groups excluding carboxylic acids is 1. The maximum atomic E-state index is 12.6. The van der Waals surface area contributed by atoms with Crippen LogP contribution in [-0.2, 0) is 4.79 Å². The number of hydrogen-bond acceptors (Lipinski definition) is 3. The van der Waals surface area contributed by atoms with Crippen molar-refractivity contribution in [2.45, 2.75) is 26.2 Å². The predicted molar refractivity (Wildman–Crippen MR) is 98.8 cm³/mol. The molecule has 3 aromatic rings. The summed E-state index contributed by atoms with van der Waals surface area (Å²) in [6, 6.07) is 19.7. The van der Waals surface area contributed by atoms with E-state index in [1.807, 2.05) is 67.6 Å². The van der Waals surface area contributed by atoms with Crippen molar-refractivity contribution in [2.24, 2.45) is 0 Å². The van der Waals surface area contributed by atoms with Crippen molar-refractivity contribution in [2.75, 3.05) is 0 Å². The van der Waals surface area contributed by atoms with Gasteiger partial charge in [0, 0.05) is 23.1 Å². The van der Waals surface area contributed by atoms with Crippen molar-refractivity contribution in [3.63, 3.8) is 0 Å². The van der Waals surface area contributed by atoms with Crippen LogP contribution in [0.3, 0.4) is 0 Å². The lowest BCUT2D eigenvalue weighted by Crippen LogP contribution is -2.10. The molecule has 0 saturated heterocycles. The highest BCUT2D eigenvalue weighted by atomic mass is 16.4. The summed E-state index contributed by atoms with van der Waals surface area (Å²) in [5, 5.41) is 0. The van der Waals surface area contributed by atoms with Gasteiger partial charge in [0.1, 0.15) is 5.69 Å². The Balaban J connectivity index is 1.93. The van der Waals surface area contributed by atoms with Crippen LogP contribution in [0.25, 0.3) is 28.4 Å². The van der Waals surface area contributed by atoms with Crippen LogP contribution in [0.15, 0.2) is 70.7 Å². The minimum Gasteiger partial charge on any atom is -0.435 e. The summed E-state index contributed by atoms with van der Waals surface area (Å²) in [5.74, 6) is 1.38. The maximum absolute atomic E-state index is 12.6. The number of allylic oxidation sites excluding steroid dienone is 2. The van der Waals surface area contributed by atoms with Gasteiger partial charge in [-0.25, -0.2) is 4.98 Å². The minimum absolute atomic E-state index is 0.161. The highest BCUT2D eigenvalue weighted by molar-refractivity contribution is 6.22. The summed E-state index contributed by atoms with van der Waals surface area (Å²) in [5.41, 5.74) is 4.35. The van der Waals surface area contributed by atoms with Crippen LogP contribution in [0, 0.1) is 0 Å². The van der Waals surface area contributed by atoms with E-state index in [1.54, 1.807) is 0 Å². The number of aromatic nitrogens is 1. The Morgan fingerprint density at radius 1 is 0.880 bits per heavy atom. The van der Waals surface area contributed by atoms with Crippen molar-refractivity contribution >= 4 is 11.4 Å². The molecule has 0 unspecified atom stereocenters. The second-order valence-electron chi connectivity index (χ2n) is 6.36. The first-order valence-corrected chi connectivity index (χ1v) is 8.59. The number of ketones is 1. The van der Waals surface area contributed by atoms with E-state index in [0.29, 0.717) is 23.8 Å². The van der Waals surface area contributed by atoms with Gasteiger partial charge >= 0.3 is 0 Å². The number of Topliss-reactive ketones (excluding diaryl/α,β-unsaturated/α-hetero) is 1. The van der Waals surface area contributed by atoms with Gasteiger partial charge in [-0.3, -0.25) is 4.79 Å². The molecule has 0 fully saturated rings. The summed E-state index contributed by atoms with van der Waals surface area (Å²) in [6.45, 7) is 2.03. The van der Waals surface area contributed by atoms with E-state index in [0.717, 1.165) is 35.1 Å². The zero-order valence-electron chi connectivity index (χ0n) is 14.2. The average Bonchev–Trinajstić information content (AvgIpc) is 3.08. The molecule has 1 aromatic heterocycles. The summed E-state index contributed by atoms with van der Waals surface area (Å²) in [4.78, 5) is 17.3. The van der Waals surface area contributed by atoms with Crippen LogP contribution in [0.1, 0.15) is 31.9 Å². The third-order valence-electron chi connectivity index (χ3n) is 4.58. The summed E-state index contributed by atoms with van der Waals surface area (Å²) >= 11 is 0. The molecule has 0 amide bonds. The number of carbonyl (C=O) groups is 1. The van der Waals surface area contributed by atoms with Crippen LogP contribution in [0.4, 0.5) is 0 Å². The zero-order chi connectivity index (χ0) is 17.2. The first kappa shape index (κ1) is 15.6. The van der Waals surface area contributed by atoms with Gasteiger partial charge in [0.25, 0.3) is 0 Å². The molecule has 0 bridgehead atoms. The molecule has 2 aromatic carbocycles. The molecule has 0 radical (unpaired) electrons. The second-order valence-corrected chi connectivity index (χ2v) is 6.36. The Hall–Kier alpha value is -2.94. The standard InChI is InChI=1S/C22H19NO2/c1-15-9-8-14-18(24)19(15)20-21(16-10-4-2-5-11-16)25-22(23-20)17-12-6-3-7-13-17/h2-7,10-13H,8-9,14H2,1H3. The SMILES string of the molecule is CC1=C(c2nc(-c3ccccc3)oc2-c2ccccc2)C(=O)CCC1. The molecule has 3 nitrogen and oxygen atoms in total. The first-order chi connectivity index (χ1) is 12.2. The molecular formula is C22H19NO2. The lowest BCUT2D eigenvalue weighted by Gasteiger charge is -2.15. The third kappa shape index (κ3) is 2.93. The van der Waals surface area contributed by atoms with E-state index in [1.165, 1.54) is 0 Å². The fourth-order valence-corrected chi connectivity index (χ4v) is 3.32. The van der Waals surface area contributed by atoms with Crippen molar-refractivity contribution in [1.82, 2.24) is 4.98 Å². The fourth-order valence-electron chi connectivity index (χ4n) is 3.32. The van der Waals surface area contributed by atoms with Crippen molar-refractivity contribution in [3.05, 3.63) is 71.9 Å². The van der Waals surface area contributed by atoms with Gasteiger partial charge in [0.2, 0.25) is 5.89 Å². The lowest BCUT2D eigenvalue weighted by molar-refractivity contribution is -0.114. The number of rotatable bonds is 3. The van der Waals surface area contributed by atoms with Crippen molar-refractivity contribution in [3.8, 4) is 22.8 Å².